The zero-order valence-corrected chi connectivity index (χ0v) is 31.2. The summed E-state index contributed by atoms with van der Waals surface area (Å²) in [4.78, 5) is 0. The number of aromatic nitrogens is 2. The molecule has 13 aromatic rings. The molecule has 0 spiro atoms. The molecule has 0 fully saturated rings. The Bertz CT molecular complexity index is 3800. The van der Waals surface area contributed by atoms with Crippen LogP contribution in [0.25, 0.3) is 121 Å². The molecule has 13 rings (SSSR count). The molecule has 0 N–H and O–H groups in total. The van der Waals surface area contributed by atoms with Crippen molar-refractivity contribution in [2.45, 2.75) is 0 Å². The van der Waals surface area contributed by atoms with E-state index in [1.54, 1.807) is 0 Å². The zero-order valence-electron chi connectivity index (χ0n) is 31.2. The van der Waals surface area contributed by atoms with Crippen LogP contribution in [0, 0.1) is 0 Å². The Labute approximate surface area is 332 Å². The maximum absolute atomic E-state index is 6.39. The summed E-state index contributed by atoms with van der Waals surface area (Å²) in [5.74, 6) is 0. The highest BCUT2D eigenvalue weighted by Gasteiger charge is 2.20. The SMILES string of the molecule is c1ccc(-c2cccc3c2c2cc(-c4ccc5c(c4)c4ccccc4n5-c4ccc5oc6ccccc6c5c4)ccc2n3-c2ccc3c(c2)oc2ccccc23)cc1. The van der Waals surface area contributed by atoms with Crippen LogP contribution in [-0.2, 0) is 0 Å². The largest absolute Gasteiger partial charge is 0.456 e. The molecule has 270 valence electrons. The maximum Gasteiger partial charge on any atom is 0.137 e. The van der Waals surface area contributed by atoms with Gasteiger partial charge in [-0.05, 0) is 101 Å². The van der Waals surface area contributed by atoms with E-state index < -0.39 is 0 Å². The molecular formula is C54H32N2O2. The van der Waals surface area contributed by atoms with Crippen LogP contribution in [0.4, 0.5) is 0 Å². The summed E-state index contributed by atoms with van der Waals surface area (Å²) in [6.07, 6.45) is 0. The predicted molar refractivity (Wildman–Crippen MR) is 241 cm³/mol. The van der Waals surface area contributed by atoms with Crippen molar-refractivity contribution in [2.75, 3.05) is 0 Å². The Balaban J connectivity index is 1.02. The van der Waals surface area contributed by atoms with Crippen LogP contribution in [-0.4, -0.2) is 9.13 Å². The first-order valence-corrected chi connectivity index (χ1v) is 19.7. The molecule has 0 bridgehead atoms. The van der Waals surface area contributed by atoms with Gasteiger partial charge in [0.25, 0.3) is 0 Å². The van der Waals surface area contributed by atoms with Gasteiger partial charge in [0, 0.05) is 60.5 Å². The Kier molecular flexibility index (Phi) is 6.41. The Morgan fingerprint density at radius 2 is 0.828 bits per heavy atom. The summed E-state index contributed by atoms with van der Waals surface area (Å²) in [7, 11) is 0. The lowest BCUT2D eigenvalue weighted by Gasteiger charge is -2.10. The third kappa shape index (κ3) is 4.45. The van der Waals surface area contributed by atoms with Crippen molar-refractivity contribution in [1.29, 1.82) is 0 Å². The molecule has 4 aromatic heterocycles. The van der Waals surface area contributed by atoms with Crippen molar-refractivity contribution in [1.82, 2.24) is 9.13 Å². The van der Waals surface area contributed by atoms with E-state index in [4.69, 9.17) is 8.83 Å². The molecule has 4 heteroatoms. The third-order valence-corrected chi connectivity index (χ3v) is 12.1. The summed E-state index contributed by atoms with van der Waals surface area (Å²) >= 11 is 0. The molecule has 0 unspecified atom stereocenters. The minimum absolute atomic E-state index is 0.884. The lowest BCUT2D eigenvalue weighted by molar-refractivity contribution is 0.668. The van der Waals surface area contributed by atoms with E-state index >= 15 is 0 Å². The summed E-state index contributed by atoms with van der Waals surface area (Å²) in [6, 6.07) is 69.7. The van der Waals surface area contributed by atoms with Crippen molar-refractivity contribution >= 4 is 87.5 Å². The van der Waals surface area contributed by atoms with Gasteiger partial charge < -0.3 is 18.0 Å². The van der Waals surface area contributed by atoms with Crippen LogP contribution in [0.5, 0.6) is 0 Å². The van der Waals surface area contributed by atoms with Crippen molar-refractivity contribution in [3.63, 3.8) is 0 Å². The van der Waals surface area contributed by atoms with Crippen LogP contribution in [0.15, 0.2) is 203 Å². The minimum Gasteiger partial charge on any atom is -0.456 e. The van der Waals surface area contributed by atoms with Gasteiger partial charge in [-0.25, -0.2) is 0 Å². The van der Waals surface area contributed by atoms with Crippen molar-refractivity contribution < 1.29 is 8.83 Å². The van der Waals surface area contributed by atoms with Gasteiger partial charge in [-0.1, -0.05) is 109 Å². The van der Waals surface area contributed by atoms with Gasteiger partial charge in [-0.15, -0.1) is 0 Å². The van der Waals surface area contributed by atoms with Crippen LogP contribution in [0.3, 0.4) is 0 Å². The number of nitrogens with zero attached hydrogens (tertiary/aromatic N) is 2. The summed E-state index contributed by atoms with van der Waals surface area (Å²) in [5, 5.41) is 9.39. The van der Waals surface area contributed by atoms with Gasteiger partial charge in [-0.3, -0.25) is 0 Å². The smallest absolute Gasteiger partial charge is 0.137 e. The monoisotopic (exact) mass is 740 g/mol. The first-order valence-electron chi connectivity index (χ1n) is 19.7. The topological polar surface area (TPSA) is 36.1 Å². The number of fused-ring (bicyclic) bond motifs is 12. The fraction of sp³-hybridized carbons (Fsp3) is 0. The van der Waals surface area contributed by atoms with Crippen LogP contribution >= 0.6 is 0 Å². The second kappa shape index (κ2) is 11.8. The number of furan rings is 2. The Morgan fingerprint density at radius 1 is 0.276 bits per heavy atom. The van der Waals surface area contributed by atoms with Crippen LogP contribution < -0.4 is 0 Å². The second-order valence-corrected chi connectivity index (χ2v) is 15.3. The van der Waals surface area contributed by atoms with E-state index in [1.165, 1.54) is 54.8 Å². The van der Waals surface area contributed by atoms with Crippen molar-refractivity contribution in [2.24, 2.45) is 0 Å². The van der Waals surface area contributed by atoms with Gasteiger partial charge in [0.15, 0.2) is 0 Å². The predicted octanol–water partition coefficient (Wildman–Crippen LogP) is 15.0. The fourth-order valence-electron chi connectivity index (χ4n) is 9.52. The number of hydrogen-bond donors (Lipinski definition) is 0. The molecule has 58 heavy (non-hydrogen) atoms. The minimum atomic E-state index is 0.884. The summed E-state index contributed by atoms with van der Waals surface area (Å²) in [5.41, 5.74) is 15.2. The van der Waals surface area contributed by atoms with Gasteiger partial charge in [0.05, 0.1) is 22.1 Å². The molecule has 0 radical (unpaired) electrons. The molecule has 0 saturated carbocycles. The van der Waals surface area contributed by atoms with Gasteiger partial charge >= 0.3 is 0 Å². The molecule has 0 saturated heterocycles. The molecule has 0 aliphatic rings. The first-order chi connectivity index (χ1) is 28.7. The van der Waals surface area contributed by atoms with E-state index in [0.717, 1.165) is 66.3 Å². The number of para-hydroxylation sites is 3. The average Bonchev–Trinajstić information content (AvgIpc) is 4.03. The lowest BCUT2D eigenvalue weighted by Crippen LogP contribution is -1.94. The second-order valence-electron chi connectivity index (χ2n) is 15.3. The maximum atomic E-state index is 6.39. The molecule has 0 aliphatic carbocycles. The van der Waals surface area contributed by atoms with E-state index in [-0.39, 0.29) is 0 Å². The highest BCUT2D eigenvalue weighted by Crippen LogP contribution is 2.43. The van der Waals surface area contributed by atoms with Gasteiger partial charge in [-0.2, -0.15) is 0 Å². The number of rotatable bonds is 4. The van der Waals surface area contributed by atoms with Gasteiger partial charge in [0.1, 0.15) is 22.3 Å². The van der Waals surface area contributed by atoms with Crippen LogP contribution in [0.1, 0.15) is 0 Å². The third-order valence-electron chi connectivity index (χ3n) is 12.1. The molecule has 4 heterocycles. The normalized spacial score (nSPS) is 12.1. The lowest BCUT2D eigenvalue weighted by atomic mass is 9.97. The average molecular weight is 741 g/mol. The van der Waals surface area contributed by atoms with E-state index in [2.05, 4.69) is 179 Å². The molecule has 0 aliphatic heterocycles. The standard InChI is InChI=1S/C54H32N2O2/c1-2-11-33(12-3-1)38-16-10-18-49-54(38)45-30-35(22-27-48(45)56(49)37-23-25-42-40-14-5-8-19-50(40)58-53(42)32-37)34-21-26-47-43(29-34)39-13-4-7-17-46(39)55(47)36-24-28-52-44(31-36)41-15-6-9-20-51(41)57-52/h1-32H. The molecule has 0 amide bonds. The van der Waals surface area contributed by atoms with E-state index in [9.17, 15) is 0 Å². The first kappa shape index (κ1) is 31.4. The van der Waals surface area contributed by atoms with Crippen molar-refractivity contribution in [3.05, 3.63) is 194 Å². The highest BCUT2D eigenvalue weighted by molar-refractivity contribution is 6.17. The molecule has 0 atom stereocenters. The van der Waals surface area contributed by atoms with E-state index in [1.807, 2.05) is 24.3 Å². The Hall–Kier alpha value is -7.82. The fourth-order valence-corrected chi connectivity index (χ4v) is 9.52. The molecular weight excluding hydrogens is 709 g/mol. The number of hydrogen-bond acceptors (Lipinski definition) is 2. The summed E-state index contributed by atoms with van der Waals surface area (Å²) < 4.78 is 17.4. The Morgan fingerprint density at radius 3 is 1.64 bits per heavy atom. The quantitative estimate of drug-likeness (QED) is 0.180. The summed E-state index contributed by atoms with van der Waals surface area (Å²) in [6.45, 7) is 0. The highest BCUT2D eigenvalue weighted by atomic mass is 16.3. The zero-order chi connectivity index (χ0) is 37.9. The number of benzene rings is 9. The van der Waals surface area contributed by atoms with Gasteiger partial charge in [0.2, 0.25) is 0 Å². The van der Waals surface area contributed by atoms with Crippen molar-refractivity contribution in [3.8, 4) is 33.6 Å². The molecule has 9 aromatic carbocycles. The van der Waals surface area contributed by atoms with E-state index in [0.29, 0.717) is 0 Å². The molecule has 4 nitrogen and oxygen atoms in total. The van der Waals surface area contributed by atoms with Crippen LogP contribution in [0.2, 0.25) is 0 Å².